The molecule has 0 saturated carbocycles. The smallest absolute Gasteiger partial charge is 0.237 e. The van der Waals surface area contributed by atoms with Crippen molar-refractivity contribution in [3.05, 3.63) is 84.5 Å². The van der Waals surface area contributed by atoms with E-state index in [4.69, 9.17) is 15.2 Å². The number of nitrogens with two attached hydrogens (primary N) is 1. The summed E-state index contributed by atoms with van der Waals surface area (Å²) in [4.78, 5) is 13.4. The third kappa shape index (κ3) is 36.6. The number of hydrogen-bond donors (Lipinski definition) is 3. The molecule has 6 heteroatoms. The van der Waals surface area contributed by atoms with Gasteiger partial charge in [0.05, 0.1) is 18.8 Å². The molecule has 332 valence electrons. The zero-order chi connectivity index (χ0) is 41.7. The number of allylic oxidation sites excluding steroid dienone is 8. The van der Waals surface area contributed by atoms with Gasteiger partial charge in [0, 0.05) is 26.3 Å². The van der Waals surface area contributed by atoms with Crippen LogP contribution in [-0.2, 0) is 20.8 Å². The Kier molecular flexibility index (Phi) is 40.6. The van der Waals surface area contributed by atoms with E-state index in [-0.39, 0.29) is 18.1 Å². The summed E-state index contributed by atoms with van der Waals surface area (Å²) in [5.74, 6) is 0.0282. The topological polar surface area (TPSA) is 85.6 Å². The van der Waals surface area contributed by atoms with Crippen LogP contribution in [0.1, 0.15) is 193 Å². The lowest BCUT2D eigenvalue weighted by Crippen LogP contribution is -2.47. The molecule has 0 aliphatic rings. The van der Waals surface area contributed by atoms with Crippen LogP contribution in [0.4, 0.5) is 0 Å². The molecule has 4 N–H and O–H groups in total. The third-order valence-electron chi connectivity index (χ3n) is 10.7. The van der Waals surface area contributed by atoms with Gasteiger partial charge in [0.25, 0.3) is 0 Å². The number of rotatable bonds is 43. The quantitative estimate of drug-likeness (QED) is 0.0452. The molecule has 0 saturated heterocycles. The van der Waals surface area contributed by atoms with Crippen molar-refractivity contribution >= 4 is 5.91 Å². The third-order valence-corrected chi connectivity index (χ3v) is 10.7. The molecule has 0 radical (unpaired) electrons. The minimum absolute atomic E-state index is 0.0282. The van der Waals surface area contributed by atoms with Crippen LogP contribution in [0, 0.1) is 0 Å². The van der Waals surface area contributed by atoms with Crippen molar-refractivity contribution < 1.29 is 14.3 Å². The Hall–Kier alpha value is -2.51. The van der Waals surface area contributed by atoms with Crippen LogP contribution >= 0.6 is 0 Å². The average Bonchev–Trinajstić information content (AvgIpc) is 3.24. The maximum absolute atomic E-state index is 13.4. The summed E-state index contributed by atoms with van der Waals surface area (Å²) in [6.45, 7) is 8.24. The highest BCUT2D eigenvalue weighted by atomic mass is 16.5. The summed E-state index contributed by atoms with van der Waals surface area (Å²) >= 11 is 0. The van der Waals surface area contributed by atoms with Crippen LogP contribution in [0.3, 0.4) is 0 Å². The normalized spacial score (nSPS) is 13.2. The Labute approximate surface area is 358 Å². The van der Waals surface area contributed by atoms with Crippen molar-refractivity contribution in [2.75, 3.05) is 32.9 Å². The fourth-order valence-corrected chi connectivity index (χ4v) is 6.91. The lowest BCUT2D eigenvalue weighted by atomic mass is 10.1. The number of amides is 1. The second kappa shape index (κ2) is 44.1. The molecule has 6 nitrogen and oxygen atoms in total. The van der Waals surface area contributed by atoms with Crippen LogP contribution in [0.5, 0.6) is 0 Å². The van der Waals surface area contributed by atoms with E-state index in [0.29, 0.717) is 32.8 Å². The van der Waals surface area contributed by atoms with E-state index in [1.165, 1.54) is 134 Å². The summed E-state index contributed by atoms with van der Waals surface area (Å²) in [7, 11) is 0. The molecular weight excluding hydrogens is 715 g/mol. The van der Waals surface area contributed by atoms with E-state index in [0.717, 1.165) is 51.6 Å². The molecule has 1 aromatic carbocycles. The molecular formula is C52H91N3O3. The van der Waals surface area contributed by atoms with E-state index < -0.39 is 0 Å². The van der Waals surface area contributed by atoms with Gasteiger partial charge in [-0.25, -0.2) is 0 Å². The molecule has 0 bridgehead atoms. The van der Waals surface area contributed by atoms with Gasteiger partial charge in [-0.2, -0.15) is 0 Å². The van der Waals surface area contributed by atoms with Gasteiger partial charge in [0.15, 0.2) is 0 Å². The van der Waals surface area contributed by atoms with Crippen LogP contribution in [0.15, 0.2) is 78.9 Å². The largest absolute Gasteiger partial charge is 0.379 e. The van der Waals surface area contributed by atoms with E-state index >= 15 is 0 Å². The molecule has 1 unspecified atom stereocenters. The standard InChI is InChI=1S/C52H91N3O3/c1-3-5-7-9-11-13-15-17-19-21-23-25-27-29-31-38-44-57-48-50(47-55-52(56)51(42-36-37-43-53)54-46-49-40-34-33-35-41-49)58-45-39-32-30-28-26-24-22-20-18-16-14-12-10-8-6-4-2/h11-14,17-20,33-35,40-41,50-51,54H,3-10,15-16,21-32,36-39,42-48,53H2,1-2H3,(H,55,56)/b13-11-,14-12-,19-17-,20-18-/t50?,51-/m1/s1. The molecule has 0 spiro atoms. The predicted molar refractivity (Wildman–Crippen MR) is 252 cm³/mol. The molecule has 0 fully saturated rings. The van der Waals surface area contributed by atoms with E-state index in [1.807, 2.05) is 18.2 Å². The van der Waals surface area contributed by atoms with Gasteiger partial charge in [-0.1, -0.05) is 176 Å². The van der Waals surface area contributed by atoms with Crippen LogP contribution in [0.2, 0.25) is 0 Å². The van der Waals surface area contributed by atoms with Gasteiger partial charge in [0.1, 0.15) is 0 Å². The molecule has 0 aromatic heterocycles. The SMILES string of the molecule is CCCCC/C=C\C/C=C\CCCCCCCCOCC(CNC(=O)[C@@H](CCCCN)NCc1ccccc1)OCCCCCCCC/C=C\C/C=C\CCCCC. The molecule has 0 aliphatic carbocycles. The number of carbonyl (C=O) groups excluding carboxylic acids is 1. The molecule has 2 atom stereocenters. The number of benzene rings is 1. The number of nitrogens with one attached hydrogen (secondary N) is 2. The average molecular weight is 806 g/mol. The first-order chi connectivity index (χ1) is 28.7. The van der Waals surface area contributed by atoms with Crippen molar-refractivity contribution in [2.45, 2.75) is 206 Å². The minimum atomic E-state index is -0.265. The monoisotopic (exact) mass is 806 g/mol. The molecule has 58 heavy (non-hydrogen) atoms. The van der Waals surface area contributed by atoms with E-state index in [2.05, 4.69) is 85.2 Å². The highest BCUT2D eigenvalue weighted by molar-refractivity contribution is 5.81. The van der Waals surface area contributed by atoms with Gasteiger partial charge in [-0.15, -0.1) is 0 Å². The van der Waals surface area contributed by atoms with Gasteiger partial charge in [0.2, 0.25) is 5.91 Å². The second-order valence-electron chi connectivity index (χ2n) is 16.2. The fraction of sp³-hybridized carbons (Fsp3) is 0.712. The Morgan fingerprint density at radius 3 is 1.64 bits per heavy atom. The van der Waals surface area contributed by atoms with Crippen LogP contribution in [0.25, 0.3) is 0 Å². The molecule has 0 aliphatic heterocycles. The Bertz CT molecular complexity index is 1120. The fourth-order valence-electron chi connectivity index (χ4n) is 6.91. The molecule has 0 heterocycles. The highest BCUT2D eigenvalue weighted by Crippen LogP contribution is 2.11. The number of ether oxygens (including phenoxy) is 2. The van der Waals surface area contributed by atoms with Gasteiger partial charge >= 0.3 is 0 Å². The Morgan fingerprint density at radius 1 is 0.603 bits per heavy atom. The van der Waals surface area contributed by atoms with Crippen LogP contribution in [-0.4, -0.2) is 51.0 Å². The predicted octanol–water partition coefficient (Wildman–Crippen LogP) is 13.4. The number of unbranched alkanes of at least 4 members (excludes halogenated alkanes) is 19. The summed E-state index contributed by atoms with van der Waals surface area (Å²) in [6, 6.07) is 10.0. The zero-order valence-electron chi connectivity index (χ0n) is 37.8. The second-order valence-corrected chi connectivity index (χ2v) is 16.2. The summed E-state index contributed by atoms with van der Waals surface area (Å²) < 4.78 is 12.5. The lowest BCUT2D eigenvalue weighted by Gasteiger charge is -2.22. The maximum Gasteiger partial charge on any atom is 0.237 e. The van der Waals surface area contributed by atoms with Crippen molar-refractivity contribution in [3.63, 3.8) is 0 Å². The van der Waals surface area contributed by atoms with Gasteiger partial charge in [-0.3, -0.25) is 4.79 Å². The Balaban J connectivity index is 2.37. The zero-order valence-corrected chi connectivity index (χ0v) is 37.8. The number of hydrogen-bond acceptors (Lipinski definition) is 5. The Morgan fingerprint density at radius 2 is 1.10 bits per heavy atom. The summed E-state index contributed by atoms with van der Waals surface area (Å²) in [5, 5.41) is 6.70. The lowest BCUT2D eigenvalue weighted by molar-refractivity contribution is -0.124. The van der Waals surface area contributed by atoms with Gasteiger partial charge < -0.3 is 25.8 Å². The first-order valence-electron chi connectivity index (χ1n) is 24.3. The van der Waals surface area contributed by atoms with Crippen molar-refractivity contribution in [1.29, 1.82) is 0 Å². The van der Waals surface area contributed by atoms with E-state index in [9.17, 15) is 4.79 Å². The first kappa shape index (κ1) is 53.5. The van der Waals surface area contributed by atoms with Crippen LogP contribution < -0.4 is 16.4 Å². The van der Waals surface area contributed by atoms with Gasteiger partial charge in [-0.05, 0) is 102 Å². The van der Waals surface area contributed by atoms with Crippen molar-refractivity contribution in [3.8, 4) is 0 Å². The molecule has 1 amide bonds. The highest BCUT2D eigenvalue weighted by Gasteiger charge is 2.19. The summed E-state index contributed by atoms with van der Waals surface area (Å²) in [5.41, 5.74) is 6.94. The summed E-state index contributed by atoms with van der Waals surface area (Å²) in [6.07, 6.45) is 50.7. The van der Waals surface area contributed by atoms with E-state index in [1.54, 1.807) is 0 Å². The first-order valence-corrected chi connectivity index (χ1v) is 24.3. The van der Waals surface area contributed by atoms with Crippen molar-refractivity contribution in [1.82, 2.24) is 10.6 Å². The maximum atomic E-state index is 13.4. The minimum Gasteiger partial charge on any atom is -0.379 e. The van der Waals surface area contributed by atoms with Crippen molar-refractivity contribution in [2.24, 2.45) is 5.73 Å². The number of carbonyl (C=O) groups is 1. The molecule has 1 rings (SSSR count). The molecule has 1 aromatic rings.